The molecule has 6 nitrogen and oxygen atoms in total. The zero-order valence-corrected chi connectivity index (χ0v) is 10.6. The van der Waals surface area contributed by atoms with Crippen LogP contribution in [0.25, 0.3) is 11.3 Å². The average Bonchev–Trinajstić information content (AvgIpc) is 2.87. The van der Waals surface area contributed by atoms with Gasteiger partial charge in [-0.05, 0) is 7.05 Å². The third-order valence-electron chi connectivity index (χ3n) is 2.74. The van der Waals surface area contributed by atoms with Crippen LogP contribution in [0.15, 0.2) is 42.9 Å². The Hall–Kier alpha value is -2.18. The second kappa shape index (κ2) is 5.64. The summed E-state index contributed by atoms with van der Waals surface area (Å²) in [6.45, 7) is -0.0278. The van der Waals surface area contributed by atoms with E-state index < -0.39 is 12.3 Å². The Morgan fingerprint density at radius 3 is 2.79 bits per heavy atom. The number of aliphatic hydroxyl groups is 1. The number of nitrogens with zero attached hydrogens (tertiary/aromatic N) is 3. The molecule has 2 rings (SSSR count). The van der Waals surface area contributed by atoms with E-state index in [1.807, 2.05) is 30.3 Å². The van der Waals surface area contributed by atoms with Gasteiger partial charge in [0.2, 0.25) is 5.91 Å². The predicted molar refractivity (Wildman–Crippen MR) is 70.7 cm³/mol. The number of aliphatic hydroxyl groups excluding tert-OH is 1. The minimum atomic E-state index is -0.975. The molecule has 2 aromatic rings. The van der Waals surface area contributed by atoms with Crippen LogP contribution in [0.4, 0.5) is 0 Å². The van der Waals surface area contributed by atoms with Gasteiger partial charge in [0.05, 0.1) is 18.6 Å². The molecule has 1 amide bonds. The summed E-state index contributed by atoms with van der Waals surface area (Å²) in [5.41, 5.74) is 6.81. The maximum atomic E-state index is 10.8. The zero-order valence-electron chi connectivity index (χ0n) is 10.6. The summed E-state index contributed by atoms with van der Waals surface area (Å²) < 4.78 is 1.52. The number of carbonyl (C=O) groups excluding carboxylic acids is 1. The minimum Gasteiger partial charge on any atom is -0.369 e. The van der Waals surface area contributed by atoms with Gasteiger partial charge < -0.3 is 10.8 Å². The smallest absolute Gasteiger partial charge is 0.231 e. The topological polar surface area (TPSA) is 84.4 Å². The summed E-state index contributed by atoms with van der Waals surface area (Å²) in [6, 6.07) is 9.64. The number of aromatic nitrogens is 2. The second-order valence-electron chi connectivity index (χ2n) is 4.30. The first kappa shape index (κ1) is 13.3. The molecule has 0 fully saturated rings. The molecule has 1 atom stereocenters. The van der Waals surface area contributed by atoms with Crippen LogP contribution in [0.2, 0.25) is 0 Å². The Balaban J connectivity index is 2.15. The lowest BCUT2D eigenvalue weighted by molar-refractivity contribution is -0.123. The molecule has 100 valence electrons. The zero-order chi connectivity index (χ0) is 13.8. The Morgan fingerprint density at radius 2 is 2.16 bits per heavy atom. The lowest BCUT2D eigenvalue weighted by atomic mass is 10.2. The number of carbonyl (C=O) groups is 1. The quantitative estimate of drug-likeness (QED) is 0.763. The maximum absolute atomic E-state index is 10.8. The number of hydrogen-bond donors (Lipinski definition) is 2. The van der Waals surface area contributed by atoms with Crippen LogP contribution in [-0.2, 0) is 4.79 Å². The molecule has 1 heterocycles. The van der Waals surface area contributed by atoms with Crippen molar-refractivity contribution >= 4 is 5.91 Å². The molecule has 0 aliphatic rings. The molecule has 1 aromatic heterocycles. The highest BCUT2D eigenvalue weighted by Gasteiger charge is 2.15. The van der Waals surface area contributed by atoms with Gasteiger partial charge in [-0.1, -0.05) is 30.3 Å². The fourth-order valence-corrected chi connectivity index (χ4v) is 1.78. The van der Waals surface area contributed by atoms with Gasteiger partial charge in [0.1, 0.15) is 0 Å². The van der Waals surface area contributed by atoms with Crippen molar-refractivity contribution in [2.45, 2.75) is 6.35 Å². The van der Waals surface area contributed by atoms with E-state index in [9.17, 15) is 9.90 Å². The fraction of sp³-hybridized carbons (Fsp3) is 0.231. The number of likely N-dealkylation sites (N-methyl/N-ethyl adjacent to an activating group) is 1. The molecule has 3 N–H and O–H groups in total. The SMILES string of the molecule is CN(CC(N)=O)C(O)n1cnc(-c2ccccc2)c1. The molecule has 19 heavy (non-hydrogen) atoms. The third-order valence-corrected chi connectivity index (χ3v) is 2.74. The van der Waals surface area contributed by atoms with Gasteiger partial charge in [-0.25, -0.2) is 4.98 Å². The van der Waals surface area contributed by atoms with Crippen molar-refractivity contribution in [1.29, 1.82) is 0 Å². The third kappa shape index (κ3) is 3.18. The van der Waals surface area contributed by atoms with E-state index in [2.05, 4.69) is 4.98 Å². The molecule has 6 heteroatoms. The monoisotopic (exact) mass is 260 g/mol. The van der Waals surface area contributed by atoms with Gasteiger partial charge in [-0.2, -0.15) is 0 Å². The van der Waals surface area contributed by atoms with Gasteiger partial charge >= 0.3 is 0 Å². The first-order valence-corrected chi connectivity index (χ1v) is 5.83. The number of benzene rings is 1. The molecule has 1 aromatic carbocycles. The summed E-state index contributed by atoms with van der Waals surface area (Å²) >= 11 is 0. The predicted octanol–water partition coefficient (Wildman–Crippen LogP) is 0.416. The standard InChI is InChI=1S/C13H16N4O2/c1-16(8-12(14)18)13(19)17-7-11(15-9-17)10-5-3-2-4-6-10/h2-7,9,13,19H,8H2,1H3,(H2,14,18). The summed E-state index contributed by atoms with van der Waals surface area (Å²) in [7, 11) is 1.61. The van der Waals surface area contributed by atoms with E-state index in [-0.39, 0.29) is 6.54 Å². The second-order valence-corrected chi connectivity index (χ2v) is 4.30. The highest BCUT2D eigenvalue weighted by atomic mass is 16.3. The Kier molecular flexibility index (Phi) is 3.94. The summed E-state index contributed by atoms with van der Waals surface area (Å²) in [5, 5.41) is 10.0. The van der Waals surface area contributed by atoms with Gasteiger partial charge in [0, 0.05) is 11.8 Å². The molecule has 0 aliphatic heterocycles. The maximum Gasteiger partial charge on any atom is 0.231 e. The first-order chi connectivity index (χ1) is 9.08. The molecule has 0 radical (unpaired) electrons. The number of imidazole rings is 1. The lowest BCUT2D eigenvalue weighted by Crippen LogP contribution is -2.35. The van der Waals surface area contributed by atoms with E-state index in [4.69, 9.17) is 5.73 Å². The van der Waals surface area contributed by atoms with E-state index in [0.29, 0.717) is 0 Å². The van der Waals surface area contributed by atoms with E-state index >= 15 is 0 Å². The molecule has 0 saturated carbocycles. The highest BCUT2D eigenvalue weighted by Crippen LogP contribution is 2.18. The highest BCUT2D eigenvalue weighted by molar-refractivity contribution is 5.75. The van der Waals surface area contributed by atoms with Crippen LogP contribution in [0, 0.1) is 0 Å². The molecule has 0 aliphatic carbocycles. The Labute approximate surface area is 111 Å². The van der Waals surface area contributed by atoms with Crippen LogP contribution in [0.5, 0.6) is 0 Å². The van der Waals surface area contributed by atoms with Crippen LogP contribution < -0.4 is 5.73 Å². The average molecular weight is 260 g/mol. The van der Waals surface area contributed by atoms with Crippen molar-refractivity contribution in [3.63, 3.8) is 0 Å². The van der Waals surface area contributed by atoms with Gasteiger partial charge in [-0.15, -0.1) is 0 Å². The van der Waals surface area contributed by atoms with Crippen LogP contribution in [0.1, 0.15) is 6.35 Å². The number of nitrogens with two attached hydrogens (primary N) is 1. The van der Waals surface area contributed by atoms with Crippen LogP contribution in [-0.4, -0.2) is 39.1 Å². The summed E-state index contributed by atoms with van der Waals surface area (Å²) in [6.07, 6.45) is 2.26. The number of primary amides is 1. The molecular formula is C13H16N4O2. The lowest BCUT2D eigenvalue weighted by Gasteiger charge is -2.22. The van der Waals surface area contributed by atoms with Crippen molar-refractivity contribution in [2.75, 3.05) is 13.6 Å². The normalized spacial score (nSPS) is 12.6. The molecule has 0 saturated heterocycles. The summed E-state index contributed by atoms with van der Waals surface area (Å²) in [4.78, 5) is 16.5. The van der Waals surface area contributed by atoms with Crippen LogP contribution >= 0.6 is 0 Å². The van der Waals surface area contributed by atoms with Gasteiger partial charge in [0.15, 0.2) is 6.35 Å². The fourth-order valence-electron chi connectivity index (χ4n) is 1.78. The number of hydrogen-bond acceptors (Lipinski definition) is 4. The van der Waals surface area contributed by atoms with Gasteiger partial charge in [0.25, 0.3) is 0 Å². The first-order valence-electron chi connectivity index (χ1n) is 5.83. The largest absolute Gasteiger partial charge is 0.369 e. The molecular weight excluding hydrogens is 244 g/mol. The van der Waals surface area contributed by atoms with Crippen molar-refractivity contribution in [3.8, 4) is 11.3 Å². The van der Waals surface area contributed by atoms with E-state index in [0.717, 1.165) is 11.3 Å². The van der Waals surface area contributed by atoms with E-state index in [1.165, 1.54) is 15.8 Å². The summed E-state index contributed by atoms with van der Waals surface area (Å²) in [5.74, 6) is -0.495. The van der Waals surface area contributed by atoms with Gasteiger partial charge in [-0.3, -0.25) is 14.3 Å². The number of amides is 1. The number of rotatable bonds is 5. The van der Waals surface area contributed by atoms with Crippen molar-refractivity contribution in [3.05, 3.63) is 42.9 Å². The van der Waals surface area contributed by atoms with Crippen molar-refractivity contribution in [2.24, 2.45) is 5.73 Å². The van der Waals surface area contributed by atoms with Crippen LogP contribution in [0.3, 0.4) is 0 Å². The Bertz CT molecular complexity index is 553. The molecule has 0 bridgehead atoms. The molecule has 0 spiro atoms. The Morgan fingerprint density at radius 1 is 1.47 bits per heavy atom. The minimum absolute atomic E-state index is 0.0278. The van der Waals surface area contributed by atoms with Crippen molar-refractivity contribution < 1.29 is 9.90 Å². The van der Waals surface area contributed by atoms with Crippen molar-refractivity contribution in [1.82, 2.24) is 14.5 Å². The molecule has 1 unspecified atom stereocenters. The van der Waals surface area contributed by atoms with E-state index in [1.54, 1.807) is 13.2 Å².